The Morgan fingerprint density at radius 1 is 0.804 bits per heavy atom. The van der Waals surface area contributed by atoms with Crippen LogP contribution in [0.3, 0.4) is 0 Å². The van der Waals surface area contributed by atoms with Crippen molar-refractivity contribution in [1.82, 2.24) is 26.6 Å². The van der Waals surface area contributed by atoms with Gasteiger partial charge in [0.05, 0.1) is 12.1 Å². The number of benzene rings is 1. The fourth-order valence-electron chi connectivity index (χ4n) is 5.33. The molecular formula is C33H54N10O8. The number of aliphatic imine (C=N–C) groups is 1. The highest BCUT2D eigenvalue weighted by Gasteiger charge is 2.37. The van der Waals surface area contributed by atoms with Gasteiger partial charge in [0, 0.05) is 24.9 Å². The zero-order valence-electron chi connectivity index (χ0n) is 29.2. The van der Waals surface area contributed by atoms with Crippen molar-refractivity contribution in [3.63, 3.8) is 0 Å². The Hall–Kier alpha value is -4.81. The summed E-state index contributed by atoms with van der Waals surface area (Å²) >= 11 is 0. The standard InChI is InChI=1S/C33H54N10O8/c1-18(34)28(46)40-23(12-8-16-39-33(36)37)30(48)43-27(19(2)44)31(49)41-22(29(47)42-24(32(50)51)13-14-26(35)45)11-6-7-15-38-25-17-21(25)20-9-4-3-5-10-20/h3-5,9-10,18-19,21-25,27,38,44H,6-8,11-17,34H2,1-2H3,(H2,35,45)(H,40,46)(H,41,49)(H,42,47)(H,43,48)(H,50,51)(H4,36,37,39)/t18-,19+,21+,22-,23-,24-,25-,27-/m0/s1. The van der Waals surface area contributed by atoms with Gasteiger partial charge < -0.3 is 59.7 Å². The van der Waals surface area contributed by atoms with Crippen LogP contribution < -0.4 is 49.5 Å². The number of hydrogen-bond donors (Lipinski definition) is 11. The molecule has 1 saturated carbocycles. The van der Waals surface area contributed by atoms with Crippen molar-refractivity contribution in [2.75, 3.05) is 13.1 Å². The van der Waals surface area contributed by atoms with E-state index in [-0.39, 0.29) is 44.6 Å². The molecule has 1 aromatic rings. The number of hydrogen-bond acceptors (Lipinski definition) is 10. The third-order valence-corrected chi connectivity index (χ3v) is 8.33. The molecular weight excluding hydrogens is 664 g/mol. The van der Waals surface area contributed by atoms with Crippen LogP contribution in [-0.2, 0) is 28.8 Å². The van der Waals surface area contributed by atoms with Crippen LogP contribution in [0.25, 0.3) is 0 Å². The largest absolute Gasteiger partial charge is 0.480 e. The molecule has 1 aliphatic carbocycles. The molecule has 0 bridgehead atoms. The quantitative estimate of drug-likeness (QED) is 0.0297. The molecule has 15 N–H and O–H groups in total. The Morgan fingerprint density at radius 2 is 1.39 bits per heavy atom. The SMILES string of the molecule is C[C@H](N)C(=O)N[C@@H](CCCN=C(N)N)C(=O)N[C@H](C(=O)N[C@@H](CCCCN[C@H]1C[C@@H]1c1ccccc1)C(=O)N[C@@H](CCC(N)=O)C(=O)O)[C@@H](C)O. The molecule has 18 heteroatoms. The molecule has 0 aliphatic heterocycles. The van der Waals surface area contributed by atoms with Gasteiger partial charge in [-0.05, 0) is 70.9 Å². The van der Waals surface area contributed by atoms with E-state index < -0.39 is 71.8 Å². The summed E-state index contributed by atoms with van der Waals surface area (Å²) in [6.45, 7) is 3.46. The van der Waals surface area contributed by atoms with Gasteiger partial charge >= 0.3 is 5.97 Å². The molecule has 2 rings (SSSR count). The van der Waals surface area contributed by atoms with E-state index in [2.05, 4.69) is 43.7 Å². The topological polar surface area (TPSA) is 319 Å². The third-order valence-electron chi connectivity index (χ3n) is 8.33. The van der Waals surface area contributed by atoms with E-state index in [1.54, 1.807) is 0 Å². The number of aliphatic carboxylic acids is 1. The number of carbonyl (C=O) groups excluding carboxylic acids is 5. The Bertz CT molecular complexity index is 1360. The summed E-state index contributed by atoms with van der Waals surface area (Å²) in [5.74, 6) is -5.09. The number of aliphatic hydroxyl groups is 1. The van der Waals surface area contributed by atoms with Gasteiger partial charge in [-0.25, -0.2) is 4.79 Å². The van der Waals surface area contributed by atoms with Gasteiger partial charge in [-0.2, -0.15) is 0 Å². The van der Waals surface area contributed by atoms with E-state index in [4.69, 9.17) is 22.9 Å². The molecule has 18 nitrogen and oxygen atoms in total. The second kappa shape index (κ2) is 21.4. The maximum absolute atomic E-state index is 13.5. The monoisotopic (exact) mass is 718 g/mol. The van der Waals surface area contributed by atoms with Crippen LogP contribution in [0, 0.1) is 0 Å². The van der Waals surface area contributed by atoms with Crippen molar-refractivity contribution in [3.8, 4) is 0 Å². The van der Waals surface area contributed by atoms with Gasteiger partial charge in [0.2, 0.25) is 29.5 Å². The highest BCUT2D eigenvalue weighted by Crippen LogP contribution is 2.40. The molecule has 1 aliphatic rings. The summed E-state index contributed by atoms with van der Waals surface area (Å²) in [5.41, 5.74) is 22.8. The summed E-state index contributed by atoms with van der Waals surface area (Å²) in [5, 5.41) is 33.4. The lowest BCUT2D eigenvalue weighted by Crippen LogP contribution is -2.60. The number of carboxylic acid groups (broad SMARTS) is 1. The van der Waals surface area contributed by atoms with Crippen LogP contribution in [0.15, 0.2) is 35.3 Å². The Balaban J connectivity index is 2.12. The molecule has 0 heterocycles. The third kappa shape index (κ3) is 15.7. The molecule has 51 heavy (non-hydrogen) atoms. The fourth-order valence-corrected chi connectivity index (χ4v) is 5.33. The number of rotatable bonds is 24. The first kappa shape index (κ1) is 42.4. The lowest BCUT2D eigenvalue weighted by atomic mass is 10.0. The van der Waals surface area contributed by atoms with Crippen LogP contribution >= 0.6 is 0 Å². The molecule has 284 valence electrons. The molecule has 0 saturated heterocycles. The van der Waals surface area contributed by atoms with Crippen LogP contribution in [0.2, 0.25) is 0 Å². The number of carbonyl (C=O) groups is 6. The highest BCUT2D eigenvalue weighted by atomic mass is 16.4. The maximum atomic E-state index is 13.5. The normalized spacial score (nSPS) is 18.4. The number of nitrogens with two attached hydrogens (primary N) is 4. The Labute approximate surface area is 297 Å². The molecule has 0 radical (unpaired) electrons. The van der Waals surface area contributed by atoms with Crippen LogP contribution in [-0.4, -0.2) is 107 Å². The number of carboxylic acids is 1. The minimum absolute atomic E-state index is 0.0587. The molecule has 0 spiro atoms. The number of primary amides is 1. The van der Waals surface area contributed by atoms with Gasteiger partial charge in [-0.15, -0.1) is 0 Å². The number of aliphatic hydroxyl groups excluding tert-OH is 1. The lowest BCUT2D eigenvalue weighted by molar-refractivity contribution is -0.142. The lowest BCUT2D eigenvalue weighted by Gasteiger charge is -2.27. The summed E-state index contributed by atoms with van der Waals surface area (Å²) in [6, 6.07) is 4.03. The molecule has 1 fully saturated rings. The van der Waals surface area contributed by atoms with Gasteiger partial charge in [0.25, 0.3) is 0 Å². The van der Waals surface area contributed by atoms with Crippen molar-refractivity contribution >= 4 is 41.5 Å². The number of amides is 5. The average Bonchev–Trinajstić information content (AvgIpc) is 3.85. The Morgan fingerprint density at radius 3 is 1.96 bits per heavy atom. The van der Waals surface area contributed by atoms with Gasteiger partial charge in [-0.3, -0.25) is 29.0 Å². The minimum Gasteiger partial charge on any atom is -0.480 e. The summed E-state index contributed by atoms with van der Waals surface area (Å²) < 4.78 is 0. The number of nitrogens with one attached hydrogen (secondary N) is 5. The summed E-state index contributed by atoms with van der Waals surface area (Å²) in [7, 11) is 0. The summed E-state index contributed by atoms with van der Waals surface area (Å²) in [4.78, 5) is 79.4. The second-order valence-electron chi connectivity index (χ2n) is 12.8. The van der Waals surface area contributed by atoms with Crippen molar-refractivity contribution in [3.05, 3.63) is 35.9 Å². The molecule has 0 unspecified atom stereocenters. The van der Waals surface area contributed by atoms with Crippen LogP contribution in [0.5, 0.6) is 0 Å². The molecule has 5 amide bonds. The Kier molecular flexibility index (Phi) is 17.8. The van der Waals surface area contributed by atoms with E-state index in [9.17, 15) is 39.0 Å². The first-order valence-corrected chi connectivity index (χ1v) is 17.1. The van der Waals surface area contributed by atoms with Gasteiger partial charge in [0.15, 0.2) is 5.96 Å². The molecule has 0 aromatic heterocycles. The maximum Gasteiger partial charge on any atom is 0.326 e. The number of guanidine groups is 1. The highest BCUT2D eigenvalue weighted by molar-refractivity contribution is 5.95. The van der Waals surface area contributed by atoms with Gasteiger partial charge in [0.1, 0.15) is 24.2 Å². The molecule has 1 aromatic carbocycles. The van der Waals surface area contributed by atoms with Crippen LogP contribution in [0.1, 0.15) is 76.7 Å². The van der Waals surface area contributed by atoms with E-state index in [0.29, 0.717) is 31.3 Å². The minimum atomic E-state index is -1.57. The average molecular weight is 719 g/mol. The predicted molar refractivity (Wildman–Crippen MR) is 188 cm³/mol. The number of nitrogens with zero attached hydrogens (tertiary/aromatic N) is 1. The van der Waals surface area contributed by atoms with Crippen molar-refractivity contribution < 1.29 is 39.0 Å². The first-order chi connectivity index (χ1) is 24.1. The van der Waals surface area contributed by atoms with E-state index >= 15 is 0 Å². The van der Waals surface area contributed by atoms with Crippen molar-refractivity contribution in [1.29, 1.82) is 0 Å². The van der Waals surface area contributed by atoms with Crippen molar-refractivity contribution in [2.24, 2.45) is 27.9 Å². The van der Waals surface area contributed by atoms with Crippen molar-refractivity contribution in [2.45, 2.75) is 113 Å². The van der Waals surface area contributed by atoms with E-state index in [1.165, 1.54) is 19.4 Å². The fraction of sp³-hybridized carbons (Fsp3) is 0.606. The number of unbranched alkanes of at least 4 members (excludes halogenated alkanes) is 1. The zero-order valence-corrected chi connectivity index (χ0v) is 29.2. The zero-order chi connectivity index (χ0) is 38.1. The van der Waals surface area contributed by atoms with E-state index in [0.717, 1.165) is 6.42 Å². The van der Waals surface area contributed by atoms with Crippen LogP contribution in [0.4, 0.5) is 0 Å². The second-order valence-corrected chi connectivity index (χ2v) is 12.8. The smallest absolute Gasteiger partial charge is 0.326 e. The predicted octanol–water partition coefficient (Wildman–Crippen LogP) is -2.63. The molecule has 8 atom stereocenters. The first-order valence-electron chi connectivity index (χ1n) is 17.1. The van der Waals surface area contributed by atoms with E-state index in [1.807, 2.05) is 18.2 Å². The van der Waals surface area contributed by atoms with Gasteiger partial charge in [-0.1, -0.05) is 30.3 Å². The summed E-state index contributed by atoms with van der Waals surface area (Å²) in [6.07, 6.45) is 0.474.